The van der Waals surface area contributed by atoms with Crippen LogP contribution in [0.2, 0.25) is 0 Å². The monoisotopic (exact) mass is 545 g/mol. The molecule has 38 heavy (non-hydrogen) atoms. The van der Waals surface area contributed by atoms with Crippen LogP contribution >= 0.6 is 12.4 Å². The van der Waals surface area contributed by atoms with Crippen molar-refractivity contribution in [1.29, 1.82) is 0 Å². The topological polar surface area (TPSA) is 160 Å². The molecule has 0 saturated heterocycles. The number of amides is 3. The fourth-order valence-corrected chi connectivity index (χ4v) is 3.28. The van der Waals surface area contributed by atoms with Crippen molar-refractivity contribution in [2.75, 3.05) is 26.2 Å². The number of rotatable bonds is 13. The van der Waals surface area contributed by atoms with E-state index in [1.807, 2.05) is 10.8 Å². The molecule has 0 aromatic carbocycles. The number of pyridine rings is 3. The van der Waals surface area contributed by atoms with Crippen molar-refractivity contribution in [2.24, 2.45) is 0 Å². The van der Waals surface area contributed by atoms with Crippen LogP contribution in [0.4, 0.5) is 0 Å². The standard InChI is InChI=1S/C24H25N7O6.ClH/c32-22(19-4-1-7-25-16-19)26-8-13-29-11-2-5-20(17-29)23(33)27-9-14-30-12-3-6-21(18-30)24(34)28-10-15-37-31(35)36;/h1-7,11-12,16-18H,8-10,13-15H2,(H-2,26,27,28,32,33,34);1H/p+2. The maximum atomic E-state index is 12.6. The molecule has 3 N–H and O–H groups in total. The lowest BCUT2D eigenvalue weighted by Gasteiger charge is -2.06. The molecule has 0 saturated carbocycles. The predicted molar refractivity (Wildman–Crippen MR) is 135 cm³/mol. The Labute approximate surface area is 224 Å². The second kappa shape index (κ2) is 15.5. The highest BCUT2D eigenvalue weighted by Gasteiger charge is 2.14. The first-order valence-electron chi connectivity index (χ1n) is 11.4. The van der Waals surface area contributed by atoms with Crippen LogP contribution in [0.3, 0.4) is 0 Å². The van der Waals surface area contributed by atoms with Crippen molar-refractivity contribution >= 4 is 30.1 Å². The summed E-state index contributed by atoms with van der Waals surface area (Å²) < 4.78 is 3.56. The first kappa shape index (κ1) is 29.6. The highest BCUT2D eigenvalue weighted by Crippen LogP contribution is 1.97. The fourth-order valence-electron chi connectivity index (χ4n) is 3.28. The van der Waals surface area contributed by atoms with Crippen LogP contribution in [0.1, 0.15) is 31.1 Å². The Morgan fingerprint density at radius 3 is 1.82 bits per heavy atom. The van der Waals surface area contributed by atoms with Gasteiger partial charge in [-0.3, -0.25) is 19.4 Å². The average molecular weight is 546 g/mol. The lowest BCUT2D eigenvalue weighted by Crippen LogP contribution is -2.43. The van der Waals surface area contributed by atoms with Crippen molar-refractivity contribution in [2.45, 2.75) is 13.1 Å². The van der Waals surface area contributed by atoms with E-state index in [1.165, 1.54) is 6.20 Å². The SMILES string of the molecule is Cl.O=C(NCCO[N+](=O)[O-])c1ccc[n+](CCNC(=O)c2ccc[n+](CCNC(=O)c3cccnc3)c2)c1. The molecule has 14 heteroatoms. The van der Waals surface area contributed by atoms with Crippen molar-refractivity contribution in [3.8, 4) is 0 Å². The summed E-state index contributed by atoms with van der Waals surface area (Å²) in [7, 11) is 0. The van der Waals surface area contributed by atoms with Gasteiger partial charge in [0.25, 0.3) is 22.8 Å². The maximum Gasteiger partial charge on any atom is 0.294 e. The Balaban J connectivity index is 0.00000507. The summed E-state index contributed by atoms with van der Waals surface area (Å²) in [5.74, 6) is -0.865. The third kappa shape index (κ3) is 9.78. The highest BCUT2D eigenvalue weighted by molar-refractivity contribution is 5.94. The molecule has 3 aromatic heterocycles. The zero-order chi connectivity index (χ0) is 26.5. The van der Waals surface area contributed by atoms with Gasteiger partial charge < -0.3 is 20.8 Å². The number of hydrogen-bond acceptors (Lipinski definition) is 7. The summed E-state index contributed by atoms with van der Waals surface area (Å²) in [5, 5.41) is 17.4. The van der Waals surface area contributed by atoms with Crippen LogP contribution in [0, 0.1) is 10.1 Å². The normalized spacial score (nSPS) is 10.0. The summed E-state index contributed by atoms with van der Waals surface area (Å²) in [6, 6.07) is 10.1. The van der Waals surface area contributed by atoms with E-state index in [0.717, 1.165) is 0 Å². The Morgan fingerprint density at radius 2 is 1.32 bits per heavy atom. The Bertz CT molecular complexity index is 1250. The van der Waals surface area contributed by atoms with Crippen LogP contribution in [-0.4, -0.2) is 54.0 Å². The first-order valence-corrected chi connectivity index (χ1v) is 11.4. The van der Waals surface area contributed by atoms with Crippen LogP contribution in [0.5, 0.6) is 0 Å². The lowest BCUT2D eigenvalue weighted by atomic mass is 10.2. The van der Waals surface area contributed by atoms with E-state index >= 15 is 0 Å². The quantitative estimate of drug-likeness (QED) is 0.117. The molecule has 0 bridgehead atoms. The van der Waals surface area contributed by atoms with Crippen LogP contribution in [0.15, 0.2) is 73.6 Å². The second-order valence-electron chi connectivity index (χ2n) is 7.73. The van der Waals surface area contributed by atoms with Gasteiger partial charge in [0.1, 0.15) is 17.7 Å². The van der Waals surface area contributed by atoms with E-state index in [9.17, 15) is 24.5 Å². The predicted octanol–water partition coefficient (Wildman–Crippen LogP) is -0.123. The summed E-state index contributed by atoms with van der Waals surface area (Å²) in [4.78, 5) is 55.1. The van der Waals surface area contributed by atoms with Gasteiger partial charge >= 0.3 is 0 Å². The number of hydrogen-bond donors (Lipinski definition) is 3. The Morgan fingerprint density at radius 1 is 0.816 bits per heavy atom. The Hall–Kier alpha value is -4.65. The molecule has 0 aliphatic rings. The van der Waals surface area contributed by atoms with Crippen LogP contribution < -0.4 is 25.1 Å². The van der Waals surface area contributed by atoms with Gasteiger partial charge in [-0.25, -0.2) is 9.13 Å². The second-order valence-corrected chi connectivity index (χ2v) is 7.73. The van der Waals surface area contributed by atoms with Crippen molar-refractivity contribution in [3.63, 3.8) is 0 Å². The summed E-state index contributed by atoms with van der Waals surface area (Å²) >= 11 is 0. The van der Waals surface area contributed by atoms with E-state index in [-0.39, 0.29) is 37.4 Å². The largest absolute Gasteiger partial charge is 0.350 e. The molecule has 3 amide bonds. The van der Waals surface area contributed by atoms with E-state index < -0.39 is 11.0 Å². The molecule has 0 radical (unpaired) electrons. The molecule has 0 aliphatic heterocycles. The smallest absolute Gasteiger partial charge is 0.294 e. The van der Waals surface area contributed by atoms with E-state index in [2.05, 4.69) is 25.8 Å². The van der Waals surface area contributed by atoms with Gasteiger partial charge in [-0.2, -0.15) is 0 Å². The molecule has 0 atom stereocenters. The van der Waals surface area contributed by atoms with Crippen molar-refractivity contribution < 1.29 is 33.4 Å². The third-order valence-corrected chi connectivity index (χ3v) is 5.06. The average Bonchev–Trinajstić information content (AvgIpc) is 2.91. The molecular formula is C24H28ClN7O6+2. The molecule has 3 aromatic rings. The van der Waals surface area contributed by atoms with Gasteiger partial charge in [0.2, 0.25) is 0 Å². The minimum atomic E-state index is -0.920. The number of carbonyl (C=O) groups is 3. The van der Waals surface area contributed by atoms with Gasteiger partial charge in [-0.05, 0) is 24.3 Å². The molecule has 3 rings (SSSR count). The van der Waals surface area contributed by atoms with Gasteiger partial charge in [0.15, 0.2) is 37.9 Å². The van der Waals surface area contributed by atoms with Gasteiger partial charge in [0.05, 0.1) is 18.7 Å². The zero-order valence-corrected chi connectivity index (χ0v) is 21.1. The summed E-state index contributed by atoms with van der Waals surface area (Å²) in [6.07, 6.45) is 9.98. The maximum absolute atomic E-state index is 12.6. The minimum absolute atomic E-state index is 0. The van der Waals surface area contributed by atoms with Crippen LogP contribution in [0.25, 0.3) is 0 Å². The molecule has 0 spiro atoms. The van der Waals surface area contributed by atoms with E-state index in [0.29, 0.717) is 42.9 Å². The highest BCUT2D eigenvalue weighted by atomic mass is 35.5. The van der Waals surface area contributed by atoms with Gasteiger partial charge in [0, 0.05) is 31.1 Å². The van der Waals surface area contributed by atoms with Crippen molar-refractivity contribution in [3.05, 3.63) is 100 Å². The van der Waals surface area contributed by atoms with Crippen molar-refractivity contribution in [1.82, 2.24) is 20.9 Å². The number of carbonyl (C=O) groups excluding carboxylic acids is 3. The molecule has 0 aliphatic carbocycles. The molecule has 3 heterocycles. The number of nitrogens with one attached hydrogen (secondary N) is 3. The number of halogens is 1. The summed E-state index contributed by atoms with van der Waals surface area (Å²) in [6.45, 7) is 1.37. The van der Waals surface area contributed by atoms with E-state index in [4.69, 9.17) is 0 Å². The van der Waals surface area contributed by atoms with E-state index in [1.54, 1.807) is 65.8 Å². The molecule has 0 unspecified atom stereocenters. The zero-order valence-electron chi connectivity index (χ0n) is 20.3. The number of nitrogens with zero attached hydrogens (tertiary/aromatic N) is 4. The molecule has 200 valence electrons. The summed E-state index contributed by atoms with van der Waals surface area (Å²) in [5.41, 5.74) is 1.32. The minimum Gasteiger partial charge on any atom is -0.350 e. The lowest BCUT2D eigenvalue weighted by molar-refractivity contribution is -0.757. The molecule has 13 nitrogen and oxygen atoms in total. The molecular weight excluding hydrogens is 518 g/mol. The Kier molecular flexibility index (Phi) is 12.0. The molecule has 0 fully saturated rings. The number of aromatic nitrogens is 3. The van der Waals surface area contributed by atoms with Gasteiger partial charge in [-0.15, -0.1) is 22.5 Å². The van der Waals surface area contributed by atoms with Gasteiger partial charge in [-0.1, -0.05) is 0 Å². The third-order valence-electron chi connectivity index (χ3n) is 5.06. The van der Waals surface area contributed by atoms with Crippen LogP contribution in [-0.2, 0) is 17.9 Å². The fraction of sp³-hybridized carbons (Fsp3) is 0.250. The first-order chi connectivity index (χ1) is 17.9.